The highest BCUT2D eigenvalue weighted by Crippen LogP contribution is 2.77. The van der Waals surface area contributed by atoms with Crippen LogP contribution in [-0.2, 0) is 4.79 Å². The predicted molar refractivity (Wildman–Crippen MR) is 184 cm³/mol. The Bertz CT molecular complexity index is 1600. The minimum Gasteiger partial charge on any atom is -0.478 e. The Kier molecular flexibility index (Phi) is 7.32. The number of allylic oxidation sites excluding steroid dienone is 3. The molecule has 0 spiro atoms. The second-order valence-corrected chi connectivity index (χ2v) is 17.8. The number of benzene rings is 1. The van der Waals surface area contributed by atoms with Crippen LogP contribution >= 0.6 is 11.3 Å². The Labute approximate surface area is 278 Å². The molecule has 6 nitrogen and oxygen atoms in total. The molecule has 0 radical (unpaired) electrons. The van der Waals surface area contributed by atoms with Gasteiger partial charge in [-0.25, -0.2) is 4.79 Å². The smallest absolute Gasteiger partial charge is 0.335 e. The lowest BCUT2D eigenvalue weighted by atomic mass is 9.32. The summed E-state index contributed by atoms with van der Waals surface area (Å²) in [6, 6.07) is 7.52. The molecular weight excluding hydrogens is 591 g/mol. The first-order valence-electron chi connectivity index (χ1n) is 17.5. The Morgan fingerprint density at radius 2 is 1.67 bits per heavy atom. The van der Waals surface area contributed by atoms with Crippen molar-refractivity contribution in [3.63, 3.8) is 0 Å². The highest BCUT2D eigenvalue weighted by molar-refractivity contribution is 7.13. The van der Waals surface area contributed by atoms with E-state index in [9.17, 15) is 14.7 Å². The van der Waals surface area contributed by atoms with Gasteiger partial charge in [0.1, 0.15) is 5.51 Å². The van der Waals surface area contributed by atoms with E-state index >= 15 is 0 Å². The van der Waals surface area contributed by atoms with Crippen LogP contribution in [0.3, 0.4) is 0 Å². The number of aromatic nitrogens is 2. The minimum absolute atomic E-state index is 0.0161. The number of rotatable bonds is 5. The fourth-order valence-corrected chi connectivity index (χ4v) is 13.3. The zero-order valence-electron chi connectivity index (χ0n) is 28.5. The predicted octanol–water partition coefficient (Wildman–Crippen LogP) is 9.53. The van der Waals surface area contributed by atoms with Crippen molar-refractivity contribution in [1.29, 1.82) is 0 Å². The number of carbonyl (C=O) groups excluding carboxylic acids is 1. The zero-order valence-corrected chi connectivity index (χ0v) is 29.3. The summed E-state index contributed by atoms with van der Waals surface area (Å²) in [6.07, 6.45) is 12.4. The molecular formula is C39H51N3O3S. The number of carbonyl (C=O) groups is 2. The molecule has 0 bridgehead atoms. The average molecular weight is 642 g/mol. The van der Waals surface area contributed by atoms with Crippen molar-refractivity contribution in [2.24, 2.45) is 56.7 Å². The van der Waals surface area contributed by atoms with Crippen LogP contribution in [0.15, 0.2) is 48.0 Å². The Hall–Kier alpha value is -2.80. The maximum atomic E-state index is 14.3. The molecule has 5 aliphatic carbocycles. The van der Waals surface area contributed by atoms with Gasteiger partial charge < -0.3 is 10.4 Å². The summed E-state index contributed by atoms with van der Waals surface area (Å²) in [5, 5.41) is 21.4. The first kappa shape index (κ1) is 31.8. The van der Waals surface area contributed by atoms with Crippen molar-refractivity contribution in [3.8, 4) is 0 Å². The summed E-state index contributed by atoms with van der Waals surface area (Å²) >= 11 is 1.40. The van der Waals surface area contributed by atoms with Crippen LogP contribution in [0.25, 0.3) is 5.57 Å². The maximum absolute atomic E-state index is 14.3. The van der Waals surface area contributed by atoms with Gasteiger partial charge in [-0.3, -0.25) is 4.79 Å². The molecule has 1 heterocycles. The molecule has 4 saturated carbocycles. The van der Waals surface area contributed by atoms with E-state index in [1.54, 1.807) is 17.6 Å². The number of amides is 1. The molecule has 1 amide bonds. The van der Waals surface area contributed by atoms with E-state index in [1.807, 2.05) is 12.1 Å². The molecule has 4 fully saturated rings. The molecule has 1 aromatic carbocycles. The van der Waals surface area contributed by atoms with Gasteiger partial charge in [-0.1, -0.05) is 76.3 Å². The summed E-state index contributed by atoms with van der Waals surface area (Å²) in [5.74, 6) is 1.61. The van der Waals surface area contributed by atoms with Crippen molar-refractivity contribution in [2.75, 3.05) is 5.32 Å². The second kappa shape index (κ2) is 10.6. The van der Waals surface area contributed by atoms with Crippen molar-refractivity contribution < 1.29 is 14.7 Å². The quantitative estimate of drug-likeness (QED) is 0.317. The third-order valence-corrected chi connectivity index (χ3v) is 15.7. The van der Waals surface area contributed by atoms with Crippen LogP contribution in [0.1, 0.15) is 115 Å². The lowest BCUT2D eigenvalue weighted by molar-refractivity contribution is -0.224. The highest BCUT2D eigenvalue weighted by Gasteiger charge is 2.71. The number of hydrogen-bond acceptors (Lipinski definition) is 5. The van der Waals surface area contributed by atoms with Crippen LogP contribution in [-0.4, -0.2) is 27.2 Å². The molecule has 246 valence electrons. The van der Waals surface area contributed by atoms with Crippen molar-refractivity contribution in [3.05, 3.63) is 59.1 Å². The van der Waals surface area contributed by atoms with Crippen LogP contribution in [0.2, 0.25) is 0 Å². The Morgan fingerprint density at radius 1 is 0.935 bits per heavy atom. The van der Waals surface area contributed by atoms with Crippen molar-refractivity contribution in [2.45, 2.75) is 99.3 Å². The largest absolute Gasteiger partial charge is 0.478 e. The number of nitrogens with zero attached hydrogens (tertiary/aromatic N) is 2. The normalized spacial score (nSPS) is 40.8. The number of carboxylic acids is 1. The molecule has 7 rings (SSSR count). The molecule has 9 atom stereocenters. The highest BCUT2D eigenvalue weighted by atomic mass is 32.1. The van der Waals surface area contributed by atoms with E-state index < -0.39 is 5.97 Å². The fraction of sp³-hybridized carbons (Fsp3) is 0.641. The molecule has 5 aliphatic rings. The van der Waals surface area contributed by atoms with Gasteiger partial charge in [-0.05, 0) is 139 Å². The van der Waals surface area contributed by atoms with E-state index in [2.05, 4.69) is 69.7 Å². The molecule has 46 heavy (non-hydrogen) atoms. The molecule has 2 N–H and O–H groups in total. The molecule has 1 aromatic heterocycles. The number of carboxylic acid groups (broad SMARTS) is 1. The lowest BCUT2D eigenvalue weighted by Gasteiger charge is -2.72. The van der Waals surface area contributed by atoms with Gasteiger partial charge >= 0.3 is 5.97 Å². The van der Waals surface area contributed by atoms with Gasteiger partial charge in [0.15, 0.2) is 0 Å². The SMILES string of the molecule is C=C(C)C1CCC2(C(=O)Nc3nncs3)CCC3(C)C(CCC4C5(C)CC=C(c6ccc(C(=O)O)cc6)C(C)(C)C5CCC43C)C12. The van der Waals surface area contributed by atoms with E-state index in [4.69, 9.17) is 0 Å². The van der Waals surface area contributed by atoms with E-state index in [0.717, 1.165) is 37.7 Å². The maximum Gasteiger partial charge on any atom is 0.335 e. The van der Waals surface area contributed by atoms with Gasteiger partial charge in [0.25, 0.3) is 0 Å². The monoisotopic (exact) mass is 641 g/mol. The van der Waals surface area contributed by atoms with E-state index in [0.29, 0.717) is 40.3 Å². The third kappa shape index (κ3) is 4.25. The first-order valence-corrected chi connectivity index (χ1v) is 18.3. The minimum atomic E-state index is -0.878. The topological polar surface area (TPSA) is 92.2 Å². The average Bonchev–Trinajstić information content (AvgIpc) is 3.66. The van der Waals surface area contributed by atoms with Crippen LogP contribution in [0.5, 0.6) is 0 Å². The summed E-state index contributed by atoms with van der Waals surface area (Å²) in [6.45, 7) is 19.4. The van der Waals surface area contributed by atoms with Crippen LogP contribution in [0.4, 0.5) is 5.13 Å². The van der Waals surface area contributed by atoms with Crippen LogP contribution < -0.4 is 5.32 Å². The van der Waals surface area contributed by atoms with E-state index in [-0.39, 0.29) is 33.0 Å². The Balaban J connectivity index is 1.23. The number of anilines is 1. The van der Waals surface area contributed by atoms with Crippen LogP contribution in [0, 0.1) is 56.7 Å². The van der Waals surface area contributed by atoms with Crippen molar-refractivity contribution in [1.82, 2.24) is 10.2 Å². The zero-order chi connectivity index (χ0) is 32.9. The summed E-state index contributed by atoms with van der Waals surface area (Å²) in [7, 11) is 0. The fourth-order valence-electron chi connectivity index (χ4n) is 12.9. The molecule has 0 aliphatic heterocycles. The number of hydrogen-bond donors (Lipinski definition) is 2. The first-order chi connectivity index (χ1) is 21.7. The number of aromatic carboxylic acids is 1. The van der Waals surface area contributed by atoms with Gasteiger partial charge in [0.2, 0.25) is 11.0 Å². The molecule has 0 saturated heterocycles. The third-order valence-electron chi connectivity index (χ3n) is 15.1. The Morgan fingerprint density at radius 3 is 2.33 bits per heavy atom. The second-order valence-electron chi connectivity index (χ2n) is 17.0. The van der Waals surface area contributed by atoms with Crippen molar-refractivity contribution >= 4 is 33.9 Å². The summed E-state index contributed by atoms with van der Waals surface area (Å²) < 4.78 is 0. The molecule has 2 aromatic rings. The van der Waals surface area contributed by atoms with Gasteiger partial charge in [-0.2, -0.15) is 0 Å². The molecule has 9 unspecified atom stereocenters. The van der Waals surface area contributed by atoms with Gasteiger partial charge in [0, 0.05) is 0 Å². The molecule has 7 heteroatoms. The number of nitrogens with one attached hydrogen (secondary N) is 1. The van der Waals surface area contributed by atoms with Gasteiger partial charge in [-0.15, -0.1) is 10.2 Å². The standard InChI is InChI=1S/C39H51N3O3S/c1-23(2)26-14-19-39(33(45)41-34-42-40-22-46-34)21-20-37(6)28(31(26)39)12-13-30-36(5)17-15-27(24-8-10-25(11-9-24)32(43)44)35(3,4)29(36)16-18-38(30,37)7/h8-11,15,22,26,28-31H,1,12-14,16-21H2,2-7H3,(H,43,44)(H,41,42,45). The summed E-state index contributed by atoms with van der Waals surface area (Å²) in [5.41, 5.74) is 5.93. The summed E-state index contributed by atoms with van der Waals surface area (Å²) in [4.78, 5) is 25.8. The lowest BCUT2D eigenvalue weighted by Crippen LogP contribution is -2.66. The number of fused-ring (bicyclic) bond motifs is 7. The van der Waals surface area contributed by atoms with E-state index in [1.165, 1.54) is 48.2 Å². The van der Waals surface area contributed by atoms with Gasteiger partial charge in [0.05, 0.1) is 11.0 Å².